The topological polar surface area (TPSA) is 60.3 Å². The number of carbonyl (C=O) groups excluding carboxylic acids is 1. The zero-order valence-electron chi connectivity index (χ0n) is 11.8. The second kappa shape index (κ2) is 7.60. The molecule has 7 heteroatoms. The fourth-order valence-corrected chi connectivity index (χ4v) is 2.70. The molecule has 0 unspecified atom stereocenters. The summed E-state index contributed by atoms with van der Waals surface area (Å²) in [6.45, 7) is 0.290. The minimum Gasteiger partial charge on any atom is -0.496 e. The van der Waals surface area contributed by atoms with E-state index < -0.39 is 0 Å². The SMILES string of the molecule is COc1ccc(Br)cc1CNC(=O)Cn1cc(Br)ccc1=O. The zero-order chi connectivity index (χ0) is 16.1. The van der Waals surface area contributed by atoms with Gasteiger partial charge in [0, 0.05) is 33.3 Å². The smallest absolute Gasteiger partial charge is 0.251 e. The lowest BCUT2D eigenvalue weighted by Crippen LogP contribution is -2.31. The third-order valence-electron chi connectivity index (χ3n) is 2.98. The average Bonchev–Trinajstić information content (AvgIpc) is 2.49. The molecule has 1 amide bonds. The van der Waals surface area contributed by atoms with Gasteiger partial charge in [-0.05, 0) is 40.2 Å². The van der Waals surface area contributed by atoms with E-state index in [2.05, 4.69) is 37.2 Å². The molecule has 1 heterocycles. The first-order valence-corrected chi connectivity index (χ1v) is 8.03. The highest BCUT2D eigenvalue weighted by molar-refractivity contribution is 9.10. The normalized spacial score (nSPS) is 10.3. The molecular formula is C15H14Br2N2O3. The first kappa shape index (κ1) is 16.8. The fourth-order valence-electron chi connectivity index (χ4n) is 1.92. The Bertz CT molecular complexity index is 744. The van der Waals surface area contributed by atoms with Crippen molar-refractivity contribution >= 4 is 37.8 Å². The van der Waals surface area contributed by atoms with E-state index in [4.69, 9.17) is 4.74 Å². The molecule has 116 valence electrons. The predicted octanol–water partition coefficient (Wildman–Crippen LogP) is 2.70. The zero-order valence-corrected chi connectivity index (χ0v) is 15.0. The summed E-state index contributed by atoms with van der Waals surface area (Å²) in [6, 6.07) is 8.62. The molecule has 1 aromatic carbocycles. The van der Waals surface area contributed by atoms with Gasteiger partial charge in [0.05, 0.1) is 7.11 Å². The highest BCUT2D eigenvalue weighted by Gasteiger charge is 2.08. The van der Waals surface area contributed by atoms with E-state index in [0.29, 0.717) is 12.3 Å². The molecule has 1 aromatic heterocycles. The number of carbonyl (C=O) groups is 1. The number of ether oxygens (including phenoxy) is 1. The fraction of sp³-hybridized carbons (Fsp3) is 0.200. The maximum atomic E-state index is 12.0. The molecule has 22 heavy (non-hydrogen) atoms. The number of pyridine rings is 1. The molecule has 1 N–H and O–H groups in total. The van der Waals surface area contributed by atoms with E-state index >= 15 is 0 Å². The van der Waals surface area contributed by atoms with Crippen LogP contribution in [0.1, 0.15) is 5.56 Å². The molecule has 0 aliphatic rings. The summed E-state index contributed by atoms with van der Waals surface area (Å²) in [5, 5.41) is 2.78. The summed E-state index contributed by atoms with van der Waals surface area (Å²) in [5.74, 6) is 0.449. The minimum atomic E-state index is -0.248. The average molecular weight is 430 g/mol. The number of benzene rings is 1. The van der Waals surface area contributed by atoms with Gasteiger partial charge in [-0.1, -0.05) is 15.9 Å². The molecule has 0 radical (unpaired) electrons. The number of nitrogens with one attached hydrogen (secondary N) is 1. The van der Waals surface area contributed by atoms with Crippen molar-refractivity contribution in [1.82, 2.24) is 9.88 Å². The van der Waals surface area contributed by atoms with Crippen molar-refractivity contribution in [2.45, 2.75) is 13.1 Å². The van der Waals surface area contributed by atoms with Crippen LogP contribution >= 0.6 is 31.9 Å². The standard InChI is InChI=1S/C15H14Br2N2O3/c1-22-13-4-2-11(16)6-10(13)7-18-14(20)9-19-8-12(17)3-5-15(19)21/h2-6,8H,7,9H2,1H3,(H,18,20). The molecule has 0 saturated carbocycles. The lowest BCUT2D eigenvalue weighted by molar-refractivity contribution is -0.121. The van der Waals surface area contributed by atoms with Crippen LogP contribution in [0.4, 0.5) is 0 Å². The highest BCUT2D eigenvalue weighted by Crippen LogP contribution is 2.22. The van der Waals surface area contributed by atoms with Gasteiger partial charge in [0.2, 0.25) is 5.91 Å². The van der Waals surface area contributed by atoms with Crippen LogP contribution in [-0.4, -0.2) is 17.6 Å². The molecule has 2 rings (SSSR count). The third kappa shape index (κ3) is 4.45. The van der Waals surface area contributed by atoms with Crippen LogP contribution in [0.5, 0.6) is 5.75 Å². The second-order valence-corrected chi connectivity index (χ2v) is 6.38. The Labute approximate surface area is 144 Å². The summed E-state index contributed by atoms with van der Waals surface area (Å²) < 4.78 is 8.24. The Morgan fingerprint density at radius 3 is 2.68 bits per heavy atom. The van der Waals surface area contributed by atoms with Crippen molar-refractivity contribution in [2.75, 3.05) is 7.11 Å². The Morgan fingerprint density at radius 1 is 1.23 bits per heavy atom. The van der Waals surface area contributed by atoms with Crippen molar-refractivity contribution in [3.63, 3.8) is 0 Å². The van der Waals surface area contributed by atoms with Crippen molar-refractivity contribution < 1.29 is 9.53 Å². The molecule has 0 saturated heterocycles. The maximum absolute atomic E-state index is 12.0. The Kier molecular flexibility index (Phi) is 5.79. The largest absolute Gasteiger partial charge is 0.496 e. The monoisotopic (exact) mass is 428 g/mol. The molecule has 0 aliphatic carbocycles. The van der Waals surface area contributed by atoms with E-state index in [1.807, 2.05) is 18.2 Å². The number of amides is 1. The molecule has 0 bridgehead atoms. The summed E-state index contributed by atoms with van der Waals surface area (Å²) in [4.78, 5) is 23.7. The number of hydrogen-bond acceptors (Lipinski definition) is 3. The lowest BCUT2D eigenvalue weighted by atomic mass is 10.2. The third-order valence-corrected chi connectivity index (χ3v) is 3.94. The van der Waals surface area contributed by atoms with Crippen molar-refractivity contribution in [1.29, 1.82) is 0 Å². The number of rotatable bonds is 5. The maximum Gasteiger partial charge on any atom is 0.251 e. The van der Waals surface area contributed by atoms with E-state index in [-0.39, 0.29) is 18.0 Å². The molecule has 0 aliphatic heterocycles. The van der Waals surface area contributed by atoms with Crippen molar-refractivity contribution in [2.24, 2.45) is 0 Å². The van der Waals surface area contributed by atoms with Crippen LogP contribution < -0.4 is 15.6 Å². The van der Waals surface area contributed by atoms with Gasteiger partial charge in [-0.3, -0.25) is 9.59 Å². The molecule has 0 atom stereocenters. The summed E-state index contributed by atoms with van der Waals surface area (Å²) in [5.41, 5.74) is 0.630. The lowest BCUT2D eigenvalue weighted by Gasteiger charge is -2.11. The Balaban J connectivity index is 2.03. The van der Waals surface area contributed by atoms with Gasteiger partial charge in [-0.25, -0.2) is 0 Å². The quantitative estimate of drug-likeness (QED) is 0.794. The molecule has 0 fully saturated rings. The number of aromatic nitrogens is 1. The van der Waals surface area contributed by atoms with Gasteiger partial charge >= 0.3 is 0 Å². The number of hydrogen-bond donors (Lipinski definition) is 1. The Morgan fingerprint density at radius 2 is 1.95 bits per heavy atom. The number of nitrogens with zero attached hydrogens (tertiary/aromatic N) is 1. The first-order chi connectivity index (χ1) is 10.5. The predicted molar refractivity (Wildman–Crippen MR) is 90.9 cm³/mol. The molecule has 5 nitrogen and oxygen atoms in total. The second-order valence-electron chi connectivity index (χ2n) is 4.55. The van der Waals surface area contributed by atoms with Crippen LogP contribution in [0.15, 0.2) is 50.3 Å². The summed E-state index contributed by atoms with van der Waals surface area (Å²) in [6.07, 6.45) is 1.58. The van der Waals surface area contributed by atoms with Gasteiger partial charge < -0.3 is 14.6 Å². The van der Waals surface area contributed by atoms with Gasteiger partial charge in [-0.15, -0.1) is 0 Å². The van der Waals surface area contributed by atoms with Gasteiger partial charge in [0.15, 0.2) is 0 Å². The van der Waals surface area contributed by atoms with Gasteiger partial charge in [-0.2, -0.15) is 0 Å². The molecular weight excluding hydrogens is 416 g/mol. The molecule has 0 spiro atoms. The van der Waals surface area contributed by atoms with Crippen molar-refractivity contribution in [3.05, 3.63) is 61.4 Å². The number of halogens is 2. The summed E-state index contributed by atoms with van der Waals surface area (Å²) in [7, 11) is 1.58. The minimum absolute atomic E-state index is 0.0331. The van der Waals surface area contributed by atoms with Crippen LogP contribution in [-0.2, 0) is 17.9 Å². The van der Waals surface area contributed by atoms with E-state index in [1.54, 1.807) is 19.4 Å². The van der Waals surface area contributed by atoms with E-state index in [9.17, 15) is 9.59 Å². The van der Waals surface area contributed by atoms with E-state index in [1.165, 1.54) is 10.6 Å². The molecule has 2 aromatic rings. The first-order valence-electron chi connectivity index (χ1n) is 6.44. The van der Waals surface area contributed by atoms with Crippen LogP contribution in [0, 0.1) is 0 Å². The number of methoxy groups -OCH3 is 1. The van der Waals surface area contributed by atoms with Crippen LogP contribution in [0.3, 0.4) is 0 Å². The van der Waals surface area contributed by atoms with Crippen LogP contribution in [0.25, 0.3) is 0 Å². The van der Waals surface area contributed by atoms with Gasteiger partial charge in [0.25, 0.3) is 5.56 Å². The highest BCUT2D eigenvalue weighted by atomic mass is 79.9. The van der Waals surface area contributed by atoms with Gasteiger partial charge in [0.1, 0.15) is 12.3 Å². The van der Waals surface area contributed by atoms with Crippen molar-refractivity contribution in [3.8, 4) is 5.75 Å². The van der Waals surface area contributed by atoms with Crippen LogP contribution in [0.2, 0.25) is 0 Å². The Hall–Kier alpha value is -1.60. The van der Waals surface area contributed by atoms with E-state index in [0.717, 1.165) is 14.5 Å². The summed E-state index contributed by atoms with van der Waals surface area (Å²) >= 11 is 6.66.